The average Bonchev–Trinajstić information content (AvgIpc) is 2.21. The topological polar surface area (TPSA) is 0 Å². The van der Waals surface area contributed by atoms with Crippen molar-refractivity contribution in [3.05, 3.63) is 39.0 Å². The minimum atomic E-state index is -2.44. The van der Waals surface area contributed by atoms with Crippen LogP contribution >= 0.6 is 22.6 Å². The number of hydrogen-bond acceptors (Lipinski definition) is 0. The van der Waals surface area contributed by atoms with Gasteiger partial charge in [-0.15, -0.1) is 0 Å². The first kappa shape index (κ1) is 12.0. The first-order valence-electron chi connectivity index (χ1n) is 5.38. The van der Waals surface area contributed by atoms with Gasteiger partial charge in [0.25, 0.3) is 0 Å². The van der Waals surface area contributed by atoms with Crippen LogP contribution in [0.25, 0.3) is 6.08 Å². The van der Waals surface area contributed by atoms with Crippen LogP contribution in [0.5, 0.6) is 0 Å². The minimum Gasteiger partial charge on any atom is -0.207 e. The van der Waals surface area contributed by atoms with E-state index >= 15 is 0 Å². The normalized spacial score (nSPS) is 19.6. The zero-order valence-electron chi connectivity index (χ0n) is 8.85. The molecule has 16 heavy (non-hydrogen) atoms. The zero-order chi connectivity index (χ0) is 11.6. The van der Waals surface area contributed by atoms with E-state index in [-0.39, 0.29) is 12.8 Å². The summed E-state index contributed by atoms with van der Waals surface area (Å²) in [6.45, 7) is 0. The lowest BCUT2D eigenvalue weighted by Gasteiger charge is -2.23. The molecular weight excluding hydrogens is 321 g/mol. The van der Waals surface area contributed by atoms with Gasteiger partial charge < -0.3 is 0 Å². The van der Waals surface area contributed by atoms with E-state index in [1.165, 1.54) is 3.57 Å². The SMILES string of the molecule is FC1(F)CCC(=Cc2cccc(I)c2)CC1. The van der Waals surface area contributed by atoms with Crippen molar-refractivity contribution in [2.45, 2.75) is 31.6 Å². The van der Waals surface area contributed by atoms with Crippen molar-refractivity contribution >= 4 is 28.7 Å². The molecule has 0 spiro atoms. The number of benzene rings is 1. The van der Waals surface area contributed by atoms with Crippen LogP contribution in [0.3, 0.4) is 0 Å². The Kier molecular flexibility index (Phi) is 3.62. The van der Waals surface area contributed by atoms with Gasteiger partial charge in [-0.05, 0) is 53.1 Å². The Hall–Kier alpha value is -0.450. The Morgan fingerprint density at radius 2 is 1.88 bits per heavy atom. The van der Waals surface area contributed by atoms with Crippen LogP contribution < -0.4 is 0 Å². The third-order valence-corrected chi connectivity index (χ3v) is 3.51. The van der Waals surface area contributed by atoms with Crippen LogP contribution in [-0.2, 0) is 0 Å². The highest BCUT2D eigenvalue weighted by atomic mass is 127. The third-order valence-electron chi connectivity index (χ3n) is 2.84. The molecule has 3 heteroatoms. The number of hydrogen-bond donors (Lipinski definition) is 0. The Bertz CT molecular complexity index is 398. The lowest BCUT2D eigenvalue weighted by Crippen LogP contribution is -2.20. The molecule has 0 aromatic heterocycles. The summed E-state index contributed by atoms with van der Waals surface area (Å²) in [7, 11) is 0. The second-order valence-electron chi connectivity index (χ2n) is 4.21. The fraction of sp³-hybridized carbons (Fsp3) is 0.385. The van der Waals surface area contributed by atoms with Crippen molar-refractivity contribution in [1.82, 2.24) is 0 Å². The smallest absolute Gasteiger partial charge is 0.207 e. The Balaban J connectivity index is 2.09. The molecule has 0 bridgehead atoms. The van der Waals surface area contributed by atoms with Crippen molar-refractivity contribution in [3.63, 3.8) is 0 Å². The van der Waals surface area contributed by atoms with Crippen molar-refractivity contribution in [1.29, 1.82) is 0 Å². The minimum absolute atomic E-state index is 0.00274. The van der Waals surface area contributed by atoms with Crippen LogP contribution in [-0.4, -0.2) is 5.92 Å². The van der Waals surface area contributed by atoms with Gasteiger partial charge in [0.05, 0.1) is 0 Å². The van der Waals surface area contributed by atoms with Gasteiger partial charge in [0.15, 0.2) is 0 Å². The van der Waals surface area contributed by atoms with Crippen LogP contribution in [0, 0.1) is 3.57 Å². The number of alkyl halides is 2. The molecule has 86 valence electrons. The molecule has 1 aromatic rings. The summed E-state index contributed by atoms with van der Waals surface area (Å²) in [4.78, 5) is 0. The van der Waals surface area contributed by atoms with E-state index in [9.17, 15) is 8.78 Å². The third kappa shape index (κ3) is 3.27. The summed E-state index contributed by atoms with van der Waals surface area (Å²) in [5.41, 5.74) is 2.26. The highest BCUT2D eigenvalue weighted by Gasteiger charge is 2.32. The predicted octanol–water partition coefficient (Wildman–Crippen LogP) is 4.88. The van der Waals surface area contributed by atoms with E-state index in [0.29, 0.717) is 12.8 Å². The highest BCUT2D eigenvalue weighted by Crippen LogP contribution is 2.36. The summed E-state index contributed by atoms with van der Waals surface area (Å²) < 4.78 is 27.1. The maximum atomic E-state index is 13.0. The van der Waals surface area contributed by atoms with Crippen LogP contribution in [0.2, 0.25) is 0 Å². The molecule has 1 aromatic carbocycles. The highest BCUT2D eigenvalue weighted by molar-refractivity contribution is 14.1. The molecule has 0 saturated heterocycles. The lowest BCUT2D eigenvalue weighted by atomic mass is 9.90. The molecule has 0 heterocycles. The molecule has 1 aliphatic rings. The number of halogens is 3. The van der Waals surface area contributed by atoms with Gasteiger partial charge in [-0.25, -0.2) is 8.78 Å². The summed E-state index contributed by atoms with van der Waals surface area (Å²) in [5, 5.41) is 0. The lowest BCUT2D eigenvalue weighted by molar-refractivity contribution is -0.0243. The second kappa shape index (κ2) is 4.82. The molecule has 1 fully saturated rings. The van der Waals surface area contributed by atoms with Gasteiger partial charge in [0.1, 0.15) is 0 Å². The standard InChI is InChI=1S/C13H13F2I/c14-13(15)6-4-10(5-7-13)8-11-2-1-3-12(16)9-11/h1-3,8-9H,4-7H2. The summed E-state index contributed by atoms with van der Waals surface area (Å²) >= 11 is 2.26. The van der Waals surface area contributed by atoms with E-state index in [4.69, 9.17) is 0 Å². The van der Waals surface area contributed by atoms with Crippen molar-refractivity contribution < 1.29 is 8.78 Å². The molecule has 0 amide bonds. The van der Waals surface area contributed by atoms with Crippen LogP contribution in [0.15, 0.2) is 29.8 Å². The summed E-state index contributed by atoms with van der Waals surface area (Å²) in [5.74, 6) is -2.44. The zero-order valence-corrected chi connectivity index (χ0v) is 11.0. The predicted molar refractivity (Wildman–Crippen MR) is 70.6 cm³/mol. The van der Waals surface area contributed by atoms with E-state index in [1.54, 1.807) is 0 Å². The molecular formula is C13H13F2I. The fourth-order valence-corrected chi connectivity index (χ4v) is 2.48. The Labute approximate surface area is 108 Å². The Morgan fingerprint density at radius 3 is 2.50 bits per heavy atom. The number of rotatable bonds is 1. The molecule has 0 radical (unpaired) electrons. The van der Waals surface area contributed by atoms with E-state index in [1.807, 2.05) is 18.2 Å². The largest absolute Gasteiger partial charge is 0.248 e. The van der Waals surface area contributed by atoms with Gasteiger partial charge in [0, 0.05) is 16.4 Å². The van der Waals surface area contributed by atoms with Gasteiger partial charge in [0.2, 0.25) is 5.92 Å². The Morgan fingerprint density at radius 1 is 1.19 bits per heavy atom. The van der Waals surface area contributed by atoms with Crippen molar-refractivity contribution in [2.75, 3.05) is 0 Å². The average molecular weight is 334 g/mol. The molecule has 1 saturated carbocycles. The quantitative estimate of drug-likeness (QED) is 0.642. The maximum Gasteiger partial charge on any atom is 0.248 e. The van der Waals surface area contributed by atoms with Gasteiger partial charge in [-0.1, -0.05) is 23.8 Å². The molecule has 2 rings (SSSR count). The molecule has 0 aliphatic heterocycles. The van der Waals surface area contributed by atoms with Crippen LogP contribution in [0.4, 0.5) is 8.78 Å². The van der Waals surface area contributed by atoms with Gasteiger partial charge in [-0.2, -0.15) is 0 Å². The molecule has 0 nitrogen and oxygen atoms in total. The first-order chi connectivity index (χ1) is 7.55. The first-order valence-corrected chi connectivity index (χ1v) is 6.46. The number of allylic oxidation sites excluding steroid dienone is 1. The van der Waals surface area contributed by atoms with Gasteiger partial charge in [-0.3, -0.25) is 0 Å². The second-order valence-corrected chi connectivity index (χ2v) is 5.46. The maximum absolute atomic E-state index is 13.0. The van der Waals surface area contributed by atoms with Crippen molar-refractivity contribution in [2.24, 2.45) is 0 Å². The van der Waals surface area contributed by atoms with Crippen LogP contribution in [0.1, 0.15) is 31.2 Å². The summed E-state index contributed by atoms with van der Waals surface area (Å²) in [6.07, 6.45) is 3.11. The molecule has 0 atom stereocenters. The molecule has 1 aliphatic carbocycles. The summed E-state index contributed by atoms with van der Waals surface area (Å²) in [6, 6.07) is 8.10. The van der Waals surface area contributed by atoms with E-state index < -0.39 is 5.92 Å². The fourth-order valence-electron chi connectivity index (χ4n) is 1.91. The van der Waals surface area contributed by atoms with Gasteiger partial charge >= 0.3 is 0 Å². The monoisotopic (exact) mass is 334 g/mol. The molecule has 0 N–H and O–H groups in total. The molecule has 0 unspecified atom stereocenters. The van der Waals surface area contributed by atoms with Crippen molar-refractivity contribution in [3.8, 4) is 0 Å². The van der Waals surface area contributed by atoms with E-state index in [2.05, 4.69) is 34.7 Å². The van der Waals surface area contributed by atoms with E-state index in [0.717, 1.165) is 11.1 Å².